The van der Waals surface area contributed by atoms with Crippen LogP contribution in [0.1, 0.15) is 35.6 Å². The Balaban J connectivity index is 1.56. The van der Waals surface area contributed by atoms with E-state index in [0.717, 1.165) is 41.0 Å². The second-order valence-electron chi connectivity index (χ2n) is 8.03. The Bertz CT molecular complexity index is 1110. The van der Waals surface area contributed by atoms with Crippen LogP contribution in [0.2, 0.25) is 0 Å². The van der Waals surface area contributed by atoms with Crippen LogP contribution < -0.4 is 21.3 Å². The molecule has 1 fully saturated rings. The molecule has 32 heavy (non-hydrogen) atoms. The third kappa shape index (κ3) is 4.81. The molecule has 1 aliphatic rings. The van der Waals surface area contributed by atoms with E-state index in [1.807, 2.05) is 84.6 Å². The Labute approximate surface area is 188 Å². The largest absolute Gasteiger partial charge is 0.370 e. The molecule has 1 saturated heterocycles. The van der Waals surface area contributed by atoms with Gasteiger partial charge in [0.15, 0.2) is 0 Å². The topological polar surface area (TPSA) is 87.5 Å². The molecule has 4 N–H and O–H groups in total. The molecule has 164 valence electrons. The van der Waals surface area contributed by atoms with Crippen molar-refractivity contribution < 1.29 is 9.59 Å². The van der Waals surface area contributed by atoms with Crippen LogP contribution in [0.15, 0.2) is 72.8 Å². The van der Waals surface area contributed by atoms with E-state index in [1.54, 1.807) is 0 Å². The van der Waals surface area contributed by atoms with Gasteiger partial charge in [0.05, 0.1) is 0 Å². The van der Waals surface area contributed by atoms with Gasteiger partial charge in [-0.1, -0.05) is 42.5 Å². The lowest BCUT2D eigenvalue weighted by atomic mass is 10.0. The molecule has 0 aromatic heterocycles. The lowest BCUT2D eigenvalue weighted by Gasteiger charge is -2.22. The first kappa shape index (κ1) is 21.6. The maximum absolute atomic E-state index is 13.3. The minimum absolute atomic E-state index is 0.151. The molecule has 1 atom stereocenters. The van der Waals surface area contributed by atoms with Gasteiger partial charge in [-0.2, -0.15) is 0 Å². The number of nitrogens with zero attached hydrogens (tertiary/aromatic N) is 1. The highest BCUT2D eigenvalue weighted by atomic mass is 16.2. The smallest absolute Gasteiger partial charge is 0.251 e. The number of anilines is 3. The summed E-state index contributed by atoms with van der Waals surface area (Å²) >= 11 is 0. The standard InChI is InChI=1S/C26H28N4O2/c1-18-15-22(12-13-23(18)30-14-6-11-24(30)31)29-26(32)25(20-8-3-2-4-9-20)28-21-10-5-7-19(16-21)17-27/h2-5,7-10,12-13,15-16,25,28H,6,11,14,17,27H2,1H3,(H,29,32). The van der Waals surface area contributed by atoms with Gasteiger partial charge in [0.2, 0.25) is 5.91 Å². The Morgan fingerprint density at radius 1 is 1.03 bits per heavy atom. The summed E-state index contributed by atoms with van der Waals surface area (Å²) in [6, 6.07) is 22.5. The molecule has 3 aromatic rings. The van der Waals surface area contributed by atoms with Crippen LogP contribution in [0.5, 0.6) is 0 Å². The molecule has 1 unspecified atom stereocenters. The maximum Gasteiger partial charge on any atom is 0.251 e. The van der Waals surface area contributed by atoms with Crippen molar-refractivity contribution in [2.45, 2.75) is 32.4 Å². The zero-order chi connectivity index (χ0) is 22.5. The van der Waals surface area contributed by atoms with Gasteiger partial charge in [0, 0.05) is 36.6 Å². The van der Waals surface area contributed by atoms with Crippen molar-refractivity contribution >= 4 is 28.9 Å². The molecule has 0 spiro atoms. The van der Waals surface area contributed by atoms with Gasteiger partial charge in [0.1, 0.15) is 6.04 Å². The Hall–Kier alpha value is -3.64. The van der Waals surface area contributed by atoms with Crippen molar-refractivity contribution in [1.29, 1.82) is 0 Å². The molecule has 0 saturated carbocycles. The molecular weight excluding hydrogens is 400 g/mol. The van der Waals surface area contributed by atoms with E-state index in [4.69, 9.17) is 5.73 Å². The average molecular weight is 429 g/mol. The second kappa shape index (κ2) is 9.66. The van der Waals surface area contributed by atoms with Gasteiger partial charge < -0.3 is 21.3 Å². The first-order chi connectivity index (χ1) is 15.5. The maximum atomic E-state index is 13.3. The average Bonchev–Trinajstić information content (AvgIpc) is 3.23. The van der Waals surface area contributed by atoms with Crippen molar-refractivity contribution in [1.82, 2.24) is 0 Å². The number of rotatable bonds is 7. The molecule has 1 heterocycles. The monoisotopic (exact) mass is 428 g/mol. The quantitative estimate of drug-likeness (QED) is 0.521. The normalized spacial score (nSPS) is 14.3. The van der Waals surface area contributed by atoms with Crippen molar-refractivity contribution in [3.63, 3.8) is 0 Å². The number of nitrogens with one attached hydrogen (secondary N) is 2. The summed E-state index contributed by atoms with van der Waals surface area (Å²) in [4.78, 5) is 27.2. The lowest BCUT2D eigenvalue weighted by molar-refractivity contribution is -0.117. The van der Waals surface area contributed by atoms with Gasteiger partial charge in [-0.25, -0.2) is 0 Å². The van der Waals surface area contributed by atoms with Crippen molar-refractivity contribution in [2.24, 2.45) is 5.73 Å². The fourth-order valence-corrected chi connectivity index (χ4v) is 4.05. The summed E-state index contributed by atoms with van der Waals surface area (Å²) < 4.78 is 0. The van der Waals surface area contributed by atoms with Crippen LogP contribution in [0.3, 0.4) is 0 Å². The van der Waals surface area contributed by atoms with Gasteiger partial charge in [-0.15, -0.1) is 0 Å². The molecule has 2 amide bonds. The number of carbonyl (C=O) groups is 2. The first-order valence-corrected chi connectivity index (χ1v) is 10.9. The van der Waals surface area contributed by atoms with Gasteiger partial charge in [0.25, 0.3) is 5.91 Å². The number of carbonyl (C=O) groups excluding carboxylic acids is 2. The Kier molecular flexibility index (Phi) is 6.52. The van der Waals surface area contributed by atoms with Crippen LogP contribution in [0.25, 0.3) is 0 Å². The molecule has 0 bridgehead atoms. The third-order valence-electron chi connectivity index (χ3n) is 5.70. The highest BCUT2D eigenvalue weighted by Crippen LogP contribution is 2.28. The minimum Gasteiger partial charge on any atom is -0.370 e. The number of benzene rings is 3. The third-order valence-corrected chi connectivity index (χ3v) is 5.70. The van der Waals surface area contributed by atoms with E-state index < -0.39 is 6.04 Å². The molecule has 6 nitrogen and oxygen atoms in total. The molecule has 4 rings (SSSR count). The van der Waals surface area contributed by atoms with Crippen LogP contribution >= 0.6 is 0 Å². The van der Waals surface area contributed by atoms with E-state index in [-0.39, 0.29) is 11.8 Å². The van der Waals surface area contributed by atoms with Crippen LogP contribution in [-0.4, -0.2) is 18.4 Å². The number of hydrogen-bond donors (Lipinski definition) is 3. The predicted octanol–water partition coefficient (Wildman–Crippen LogP) is 4.37. The van der Waals surface area contributed by atoms with Crippen molar-refractivity contribution in [3.05, 3.63) is 89.5 Å². The molecule has 0 aliphatic carbocycles. The number of hydrogen-bond acceptors (Lipinski definition) is 4. The van der Waals surface area contributed by atoms with Crippen LogP contribution in [0.4, 0.5) is 17.1 Å². The fraction of sp³-hybridized carbons (Fsp3) is 0.231. The fourth-order valence-electron chi connectivity index (χ4n) is 4.05. The molecular formula is C26H28N4O2. The molecule has 6 heteroatoms. The van der Waals surface area contributed by atoms with Gasteiger partial charge >= 0.3 is 0 Å². The Morgan fingerprint density at radius 3 is 2.53 bits per heavy atom. The highest BCUT2D eigenvalue weighted by molar-refractivity contribution is 5.99. The predicted molar refractivity (Wildman–Crippen MR) is 129 cm³/mol. The summed E-state index contributed by atoms with van der Waals surface area (Å²) in [7, 11) is 0. The molecule has 3 aromatic carbocycles. The number of aryl methyl sites for hydroxylation is 1. The minimum atomic E-state index is -0.579. The highest BCUT2D eigenvalue weighted by Gasteiger charge is 2.24. The zero-order valence-electron chi connectivity index (χ0n) is 18.2. The number of nitrogens with two attached hydrogens (primary N) is 1. The zero-order valence-corrected chi connectivity index (χ0v) is 18.2. The summed E-state index contributed by atoms with van der Waals surface area (Å²) in [6.45, 7) is 3.14. The number of amides is 2. The summed E-state index contributed by atoms with van der Waals surface area (Å²) in [5.74, 6) is -0.0170. The van der Waals surface area contributed by atoms with E-state index >= 15 is 0 Å². The summed E-state index contributed by atoms with van der Waals surface area (Å²) in [6.07, 6.45) is 1.47. The lowest BCUT2D eigenvalue weighted by Crippen LogP contribution is -2.27. The van der Waals surface area contributed by atoms with E-state index in [0.29, 0.717) is 18.7 Å². The second-order valence-corrected chi connectivity index (χ2v) is 8.03. The van der Waals surface area contributed by atoms with Gasteiger partial charge in [-0.05, 0) is 60.4 Å². The Morgan fingerprint density at radius 2 is 1.84 bits per heavy atom. The van der Waals surface area contributed by atoms with E-state index in [9.17, 15) is 9.59 Å². The van der Waals surface area contributed by atoms with E-state index in [2.05, 4.69) is 10.6 Å². The molecule has 1 aliphatic heterocycles. The van der Waals surface area contributed by atoms with Crippen LogP contribution in [0, 0.1) is 6.92 Å². The summed E-state index contributed by atoms with van der Waals surface area (Å²) in [5.41, 5.74) is 11.0. The van der Waals surface area contributed by atoms with Crippen molar-refractivity contribution in [2.75, 3.05) is 22.1 Å². The van der Waals surface area contributed by atoms with E-state index in [1.165, 1.54) is 0 Å². The SMILES string of the molecule is Cc1cc(NC(=O)C(Nc2cccc(CN)c2)c2ccccc2)ccc1N1CCCC1=O. The van der Waals surface area contributed by atoms with Crippen LogP contribution in [-0.2, 0) is 16.1 Å². The van der Waals surface area contributed by atoms with Gasteiger partial charge in [-0.3, -0.25) is 9.59 Å². The molecule has 0 radical (unpaired) electrons. The first-order valence-electron chi connectivity index (χ1n) is 10.9. The van der Waals surface area contributed by atoms with Crippen molar-refractivity contribution in [3.8, 4) is 0 Å². The summed E-state index contributed by atoms with van der Waals surface area (Å²) in [5, 5.41) is 6.38.